The Morgan fingerprint density at radius 2 is 1.96 bits per heavy atom. The molecule has 0 aliphatic carbocycles. The quantitative estimate of drug-likeness (QED) is 0.386. The Balaban J connectivity index is 2.32. The summed E-state index contributed by atoms with van der Waals surface area (Å²) in [6.45, 7) is 1.59. The number of thiazole rings is 1. The van der Waals surface area contributed by atoms with Crippen LogP contribution in [-0.4, -0.2) is 28.0 Å². The Morgan fingerprint density at radius 3 is 2.54 bits per heavy atom. The van der Waals surface area contributed by atoms with E-state index in [1.54, 1.807) is 12.3 Å². The first kappa shape index (κ1) is 21.8. The average Bonchev–Trinajstić information content (AvgIpc) is 3.12. The van der Waals surface area contributed by atoms with E-state index in [1.807, 2.05) is 0 Å². The second kappa shape index (κ2) is 9.16. The molecule has 2 amide bonds. The van der Waals surface area contributed by atoms with Gasteiger partial charge in [-0.25, -0.2) is 4.98 Å². The lowest BCUT2D eigenvalue weighted by molar-refractivity contribution is -0.137. The van der Waals surface area contributed by atoms with Crippen LogP contribution in [0.4, 0.5) is 24.0 Å². The maximum atomic E-state index is 13.4. The van der Waals surface area contributed by atoms with Crippen molar-refractivity contribution in [3.63, 3.8) is 0 Å². The van der Waals surface area contributed by atoms with Crippen LogP contribution in [0.15, 0.2) is 29.8 Å². The van der Waals surface area contributed by atoms with Crippen molar-refractivity contribution in [3.8, 4) is 0 Å². The number of carbonyl (C=O) groups excluding carboxylic acids is 3. The monoisotopic (exact) mass is 433 g/mol. The number of Topliss-reactive ketones (excluding diaryl/α,β-unsaturated/α-hetero) is 1. The molecule has 28 heavy (non-hydrogen) atoms. The summed E-state index contributed by atoms with van der Waals surface area (Å²) in [7, 11) is 0. The van der Waals surface area contributed by atoms with Crippen LogP contribution in [0.25, 0.3) is 0 Å². The van der Waals surface area contributed by atoms with Gasteiger partial charge < -0.3 is 10.6 Å². The lowest BCUT2D eigenvalue weighted by Crippen LogP contribution is -2.26. The molecule has 0 aliphatic heterocycles. The molecule has 1 aromatic carbocycles. The van der Waals surface area contributed by atoms with Crippen LogP contribution in [0.2, 0.25) is 0 Å². The molecule has 2 rings (SSSR count). The van der Waals surface area contributed by atoms with E-state index in [2.05, 4.69) is 15.6 Å². The number of para-hydroxylation sites is 1. The highest BCUT2D eigenvalue weighted by Crippen LogP contribution is 2.37. The van der Waals surface area contributed by atoms with E-state index >= 15 is 0 Å². The number of benzene rings is 1. The molecule has 1 heterocycles. The molecule has 6 nitrogen and oxygen atoms in total. The number of nitrogens with one attached hydrogen (secondary N) is 2. The number of aromatic nitrogens is 1. The van der Waals surface area contributed by atoms with Gasteiger partial charge in [0.05, 0.1) is 17.7 Å². The number of rotatable bonds is 7. The van der Waals surface area contributed by atoms with Crippen molar-refractivity contribution in [3.05, 3.63) is 40.9 Å². The van der Waals surface area contributed by atoms with Crippen molar-refractivity contribution in [1.82, 2.24) is 4.98 Å². The van der Waals surface area contributed by atoms with Crippen LogP contribution >= 0.6 is 22.9 Å². The molecule has 150 valence electrons. The normalized spacial score (nSPS) is 12.3. The van der Waals surface area contributed by atoms with E-state index in [0.717, 1.165) is 29.5 Å². The van der Waals surface area contributed by atoms with Crippen LogP contribution in [0.5, 0.6) is 0 Å². The van der Waals surface area contributed by atoms with Crippen LogP contribution in [-0.2, 0) is 15.8 Å². The topological polar surface area (TPSA) is 88.2 Å². The first-order valence-corrected chi connectivity index (χ1v) is 9.32. The second-order valence-corrected chi connectivity index (χ2v) is 7.00. The highest BCUT2D eigenvalue weighted by molar-refractivity contribution is 7.13. The van der Waals surface area contributed by atoms with E-state index < -0.39 is 52.4 Å². The lowest BCUT2D eigenvalue weighted by atomic mass is 10.0. The molecule has 0 bridgehead atoms. The molecule has 0 fully saturated rings. The van der Waals surface area contributed by atoms with Crippen molar-refractivity contribution >= 4 is 51.4 Å². The first-order chi connectivity index (χ1) is 13.1. The summed E-state index contributed by atoms with van der Waals surface area (Å²) >= 11 is 6.90. The molecular formula is C17H15ClF3N3O3S. The number of amides is 2. The SMILES string of the molecule is CCC(Cl)C(=O)Nc1c(C(=O)CC(=O)Nc2nccs2)cccc1C(F)(F)F. The standard InChI is InChI=1S/C17H15ClF3N3O3S/c1-2-11(18)15(27)24-14-9(4-3-5-10(14)17(19,20)21)12(25)8-13(26)23-16-22-6-7-28-16/h3-7,11H,2,8H2,1H3,(H,24,27)(H,22,23,26). The number of anilines is 2. The number of hydrogen-bond acceptors (Lipinski definition) is 5. The molecule has 1 unspecified atom stereocenters. The van der Waals surface area contributed by atoms with E-state index in [4.69, 9.17) is 11.6 Å². The number of alkyl halides is 4. The Morgan fingerprint density at radius 1 is 1.25 bits per heavy atom. The minimum Gasteiger partial charge on any atom is -0.324 e. The average molecular weight is 434 g/mol. The molecule has 1 atom stereocenters. The van der Waals surface area contributed by atoms with Gasteiger partial charge in [-0.15, -0.1) is 22.9 Å². The Bertz CT molecular complexity index is 872. The predicted octanol–water partition coefficient (Wildman–Crippen LogP) is 4.33. The van der Waals surface area contributed by atoms with Crippen molar-refractivity contribution in [1.29, 1.82) is 0 Å². The smallest absolute Gasteiger partial charge is 0.324 e. The van der Waals surface area contributed by atoms with E-state index in [-0.39, 0.29) is 11.6 Å². The van der Waals surface area contributed by atoms with Gasteiger partial charge in [0.15, 0.2) is 10.9 Å². The molecule has 0 saturated heterocycles. The highest BCUT2D eigenvalue weighted by atomic mass is 35.5. The fraction of sp³-hybridized carbons (Fsp3) is 0.294. The maximum absolute atomic E-state index is 13.4. The summed E-state index contributed by atoms with van der Waals surface area (Å²) in [6, 6.07) is 2.87. The third kappa shape index (κ3) is 5.52. The Hall–Kier alpha value is -2.46. The van der Waals surface area contributed by atoms with Crippen LogP contribution in [0.1, 0.15) is 35.7 Å². The summed E-state index contributed by atoms with van der Waals surface area (Å²) in [5.74, 6) is -2.50. The summed E-state index contributed by atoms with van der Waals surface area (Å²) in [4.78, 5) is 40.3. The van der Waals surface area contributed by atoms with Gasteiger partial charge in [0.2, 0.25) is 11.8 Å². The fourth-order valence-corrected chi connectivity index (χ4v) is 2.83. The fourth-order valence-electron chi connectivity index (χ4n) is 2.23. The number of hydrogen-bond donors (Lipinski definition) is 2. The zero-order valence-corrected chi connectivity index (χ0v) is 16.0. The number of ketones is 1. The summed E-state index contributed by atoms with van der Waals surface area (Å²) in [5.41, 5.74) is -2.35. The van der Waals surface area contributed by atoms with Crippen molar-refractivity contribution < 1.29 is 27.6 Å². The van der Waals surface area contributed by atoms with Crippen LogP contribution in [0, 0.1) is 0 Å². The van der Waals surface area contributed by atoms with Crippen LogP contribution < -0.4 is 10.6 Å². The van der Waals surface area contributed by atoms with Gasteiger partial charge in [0, 0.05) is 17.1 Å². The number of halogens is 4. The van der Waals surface area contributed by atoms with E-state index in [1.165, 1.54) is 6.20 Å². The summed E-state index contributed by atoms with van der Waals surface area (Å²) in [5, 5.41) is 5.24. The number of carbonyl (C=O) groups is 3. The number of nitrogens with zero attached hydrogens (tertiary/aromatic N) is 1. The van der Waals surface area contributed by atoms with Crippen molar-refractivity contribution in [2.75, 3.05) is 10.6 Å². The van der Waals surface area contributed by atoms with Crippen LogP contribution in [0.3, 0.4) is 0 Å². The minimum atomic E-state index is -4.82. The third-order valence-corrected chi connectivity index (χ3v) is 4.76. The molecule has 0 radical (unpaired) electrons. The van der Waals surface area contributed by atoms with Gasteiger partial charge in [-0.2, -0.15) is 13.2 Å². The first-order valence-electron chi connectivity index (χ1n) is 8.01. The highest BCUT2D eigenvalue weighted by Gasteiger charge is 2.36. The van der Waals surface area contributed by atoms with Gasteiger partial charge in [-0.1, -0.05) is 13.0 Å². The van der Waals surface area contributed by atoms with Gasteiger partial charge in [-0.05, 0) is 18.6 Å². The minimum absolute atomic E-state index is 0.182. The molecule has 0 saturated carbocycles. The molecule has 0 aliphatic rings. The van der Waals surface area contributed by atoms with Crippen molar-refractivity contribution in [2.24, 2.45) is 0 Å². The Labute approximate surface area is 167 Å². The maximum Gasteiger partial charge on any atom is 0.418 e. The molecule has 1 aromatic heterocycles. The predicted molar refractivity (Wildman–Crippen MR) is 99.7 cm³/mol. The third-order valence-electron chi connectivity index (χ3n) is 3.56. The summed E-state index contributed by atoms with van der Waals surface area (Å²) in [6.07, 6.45) is -3.92. The molecule has 11 heteroatoms. The Kier molecular flexibility index (Phi) is 7.14. The van der Waals surface area contributed by atoms with Gasteiger partial charge in [0.25, 0.3) is 0 Å². The molecular weight excluding hydrogens is 419 g/mol. The van der Waals surface area contributed by atoms with Gasteiger partial charge in [0.1, 0.15) is 5.38 Å². The van der Waals surface area contributed by atoms with E-state index in [0.29, 0.717) is 0 Å². The van der Waals surface area contributed by atoms with E-state index in [9.17, 15) is 27.6 Å². The molecule has 2 aromatic rings. The van der Waals surface area contributed by atoms with Crippen molar-refractivity contribution in [2.45, 2.75) is 31.3 Å². The largest absolute Gasteiger partial charge is 0.418 e. The lowest BCUT2D eigenvalue weighted by Gasteiger charge is -2.18. The second-order valence-electron chi connectivity index (χ2n) is 5.58. The molecule has 0 spiro atoms. The summed E-state index contributed by atoms with van der Waals surface area (Å²) < 4.78 is 40.1. The zero-order chi connectivity index (χ0) is 20.9. The van der Waals surface area contributed by atoms with Gasteiger partial charge in [-0.3, -0.25) is 14.4 Å². The molecule has 2 N–H and O–H groups in total. The van der Waals surface area contributed by atoms with Gasteiger partial charge >= 0.3 is 6.18 Å². The zero-order valence-electron chi connectivity index (χ0n) is 14.5.